The molecule has 0 aliphatic carbocycles. The van der Waals surface area contributed by atoms with Crippen molar-refractivity contribution in [2.75, 3.05) is 11.9 Å². The molecule has 0 unspecified atom stereocenters. The van der Waals surface area contributed by atoms with Crippen molar-refractivity contribution in [1.82, 2.24) is 4.90 Å². The summed E-state index contributed by atoms with van der Waals surface area (Å²) in [6.45, 7) is 8.13. The summed E-state index contributed by atoms with van der Waals surface area (Å²) in [5, 5.41) is 2.98. The Morgan fingerprint density at radius 3 is 2.41 bits per heavy atom. The van der Waals surface area contributed by atoms with Crippen LogP contribution in [-0.2, 0) is 9.59 Å². The molecule has 1 aliphatic heterocycles. The number of amides is 2. The van der Waals surface area contributed by atoms with Gasteiger partial charge in [0, 0.05) is 12.2 Å². The minimum atomic E-state index is -0.413. The summed E-state index contributed by atoms with van der Waals surface area (Å²) in [6, 6.07) is 11.6. The summed E-state index contributed by atoms with van der Waals surface area (Å²) in [5.74, 6) is -0.969. The van der Waals surface area contributed by atoms with Crippen LogP contribution in [0.4, 0.5) is 10.1 Å². The van der Waals surface area contributed by atoms with Crippen LogP contribution in [0, 0.1) is 25.6 Å². The van der Waals surface area contributed by atoms with Crippen LogP contribution < -0.4 is 5.32 Å². The van der Waals surface area contributed by atoms with Gasteiger partial charge >= 0.3 is 0 Å². The summed E-state index contributed by atoms with van der Waals surface area (Å²) in [5.41, 5.74) is 3.66. The Kier molecular flexibility index (Phi) is 5.13. The molecule has 2 amide bonds. The van der Waals surface area contributed by atoms with Gasteiger partial charge in [0.2, 0.25) is 0 Å². The Morgan fingerprint density at radius 2 is 1.78 bits per heavy atom. The number of hydrogen-bond acceptors (Lipinski definition) is 3. The lowest BCUT2D eigenvalue weighted by Crippen LogP contribution is -2.35. The first-order valence-electron chi connectivity index (χ1n) is 8.98. The second kappa shape index (κ2) is 7.35. The molecule has 0 saturated heterocycles. The maximum absolute atomic E-state index is 13.6. The smallest absolute Gasteiger partial charge is 0.278 e. The van der Waals surface area contributed by atoms with Crippen molar-refractivity contribution in [3.8, 4) is 0 Å². The average molecular weight is 366 g/mol. The molecule has 1 heterocycles. The van der Waals surface area contributed by atoms with Crippen LogP contribution in [-0.4, -0.2) is 23.3 Å². The van der Waals surface area contributed by atoms with Crippen molar-refractivity contribution in [3.63, 3.8) is 0 Å². The first-order chi connectivity index (χ1) is 12.8. The maximum atomic E-state index is 13.6. The van der Waals surface area contributed by atoms with E-state index in [1.54, 1.807) is 12.1 Å². The van der Waals surface area contributed by atoms with E-state index >= 15 is 0 Å². The van der Waals surface area contributed by atoms with Crippen LogP contribution in [0.15, 0.2) is 48.2 Å². The van der Waals surface area contributed by atoms with E-state index in [9.17, 15) is 14.0 Å². The first-order valence-corrected chi connectivity index (χ1v) is 8.98. The maximum Gasteiger partial charge on any atom is 0.278 e. The normalized spacial score (nSPS) is 14.5. The molecule has 0 spiro atoms. The average Bonchev–Trinajstić information content (AvgIpc) is 2.80. The van der Waals surface area contributed by atoms with E-state index in [2.05, 4.69) is 5.32 Å². The molecule has 4 nitrogen and oxygen atoms in total. The topological polar surface area (TPSA) is 49.4 Å². The zero-order valence-corrected chi connectivity index (χ0v) is 16.0. The van der Waals surface area contributed by atoms with E-state index in [1.807, 2.05) is 45.9 Å². The molecule has 0 saturated carbocycles. The Balaban J connectivity index is 2.12. The van der Waals surface area contributed by atoms with Crippen LogP contribution in [0.3, 0.4) is 0 Å². The number of hydrogen-bond donors (Lipinski definition) is 1. The van der Waals surface area contributed by atoms with E-state index in [1.165, 1.54) is 17.0 Å². The molecule has 27 heavy (non-hydrogen) atoms. The lowest BCUT2D eigenvalue weighted by Gasteiger charge is -2.17. The molecule has 0 atom stereocenters. The molecule has 0 bridgehead atoms. The fourth-order valence-electron chi connectivity index (χ4n) is 3.28. The number of rotatable bonds is 5. The van der Waals surface area contributed by atoms with E-state index in [4.69, 9.17) is 0 Å². The molecule has 0 radical (unpaired) electrons. The van der Waals surface area contributed by atoms with Crippen molar-refractivity contribution in [2.24, 2.45) is 5.92 Å². The number of nitrogens with one attached hydrogen (secondary N) is 1. The number of carbonyl (C=O) groups is 2. The number of nitrogens with zero attached hydrogens (tertiary/aromatic N) is 1. The van der Waals surface area contributed by atoms with Gasteiger partial charge in [-0.05, 0) is 49.1 Å². The van der Waals surface area contributed by atoms with Crippen molar-refractivity contribution < 1.29 is 14.0 Å². The highest BCUT2D eigenvalue weighted by molar-refractivity contribution is 6.36. The summed E-state index contributed by atoms with van der Waals surface area (Å²) in [4.78, 5) is 27.3. The van der Waals surface area contributed by atoms with Crippen molar-refractivity contribution in [1.29, 1.82) is 0 Å². The minimum Gasteiger partial charge on any atom is -0.350 e. The van der Waals surface area contributed by atoms with Crippen LogP contribution in [0.2, 0.25) is 0 Å². The molecule has 1 aliphatic rings. The molecule has 140 valence electrons. The summed E-state index contributed by atoms with van der Waals surface area (Å²) in [6.07, 6.45) is 0. The Hall–Kier alpha value is -2.95. The molecule has 1 N–H and O–H groups in total. The van der Waals surface area contributed by atoms with Gasteiger partial charge in [0.15, 0.2) is 0 Å². The van der Waals surface area contributed by atoms with Crippen LogP contribution >= 0.6 is 0 Å². The van der Waals surface area contributed by atoms with Gasteiger partial charge in [0.25, 0.3) is 11.8 Å². The molecule has 5 heteroatoms. The highest BCUT2D eigenvalue weighted by Gasteiger charge is 2.39. The number of halogens is 1. The number of anilines is 1. The summed E-state index contributed by atoms with van der Waals surface area (Å²) >= 11 is 0. The van der Waals surface area contributed by atoms with Crippen LogP contribution in [0.25, 0.3) is 5.57 Å². The molecular formula is C22H23FN2O2. The standard InChI is InChI=1S/C22H23FN2O2/c1-13(2)12-25-21(26)19(18-9-8-14(3)10-15(18)4)20(22(25)27)24-17-7-5-6-16(23)11-17/h5-11,13,24H,12H2,1-4H3. The molecule has 0 fully saturated rings. The lowest BCUT2D eigenvalue weighted by atomic mass is 9.97. The molecule has 2 aromatic carbocycles. The zero-order chi connectivity index (χ0) is 19.7. The Morgan fingerprint density at radius 1 is 1.04 bits per heavy atom. The Labute approximate surface area is 158 Å². The zero-order valence-electron chi connectivity index (χ0n) is 16.0. The third kappa shape index (κ3) is 3.77. The number of aryl methyl sites for hydroxylation is 2. The third-order valence-electron chi connectivity index (χ3n) is 4.46. The SMILES string of the molecule is Cc1ccc(C2=C(Nc3cccc(F)c3)C(=O)N(CC(C)C)C2=O)c(C)c1. The fraction of sp³-hybridized carbons (Fsp3) is 0.273. The predicted molar refractivity (Wildman–Crippen MR) is 104 cm³/mol. The quantitative estimate of drug-likeness (QED) is 0.803. The van der Waals surface area contributed by atoms with E-state index < -0.39 is 5.82 Å². The highest BCUT2D eigenvalue weighted by atomic mass is 19.1. The van der Waals surface area contributed by atoms with Crippen LogP contribution in [0.5, 0.6) is 0 Å². The van der Waals surface area contributed by atoms with E-state index in [-0.39, 0.29) is 23.4 Å². The largest absolute Gasteiger partial charge is 0.350 e. The third-order valence-corrected chi connectivity index (χ3v) is 4.46. The summed E-state index contributed by atoms with van der Waals surface area (Å²) < 4.78 is 13.6. The van der Waals surface area contributed by atoms with Gasteiger partial charge in [-0.15, -0.1) is 0 Å². The molecule has 0 aromatic heterocycles. The van der Waals surface area contributed by atoms with Gasteiger partial charge in [-0.2, -0.15) is 0 Å². The fourth-order valence-corrected chi connectivity index (χ4v) is 3.28. The van der Waals surface area contributed by atoms with E-state index in [0.29, 0.717) is 23.4 Å². The highest BCUT2D eigenvalue weighted by Crippen LogP contribution is 2.33. The number of benzene rings is 2. The number of carbonyl (C=O) groups excluding carboxylic acids is 2. The minimum absolute atomic E-state index is 0.145. The van der Waals surface area contributed by atoms with Crippen molar-refractivity contribution >= 4 is 23.1 Å². The van der Waals surface area contributed by atoms with Gasteiger partial charge in [-0.25, -0.2) is 4.39 Å². The van der Waals surface area contributed by atoms with Crippen LogP contribution in [0.1, 0.15) is 30.5 Å². The second-order valence-corrected chi connectivity index (χ2v) is 7.32. The molecular weight excluding hydrogens is 343 g/mol. The van der Waals surface area contributed by atoms with Gasteiger partial charge in [-0.3, -0.25) is 14.5 Å². The van der Waals surface area contributed by atoms with Gasteiger partial charge in [0.1, 0.15) is 11.5 Å². The predicted octanol–water partition coefficient (Wildman–Crippen LogP) is 4.29. The van der Waals surface area contributed by atoms with Crippen molar-refractivity contribution in [2.45, 2.75) is 27.7 Å². The number of imide groups is 1. The summed E-state index contributed by atoms with van der Waals surface area (Å²) in [7, 11) is 0. The van der Waals surface area contributed by atoms with Crippen molar-refractivity contribution in [3.05, 3.63) is 70.7 Å². The monoisotopic (exact) mass is 366 g/mol. The van der Waals surface area contributed by atoms with Gasteiger partial charge in [-0.1, -0.05) is 43.7 Å². The van der Waals surface area contributed by atoms with Gasteiger partial charge < -0.3 is 5.32 Å². The second-order valence-electron chi connectivity index (χ2n) is 7.32. The molecule has 3 rings (SSSR count). The van der Waals surface area contributed by atoms with Gasteiger partial charge in [0.05, 0.1) is 5.57 Å². The lowest BCUT2D eigenvalue weighted by molar-refractivity contribution is -0.137. The first kappa shape index (κ1) is 18.8. The van der Waals surface area contributed by atoms with E-state index in [0.717, 1.165) is 11.1 Å². The molecule has 2 aromatic rings. The Bertz CT molecular complexity index is 947.